The summed E-state index contributed by atoms with van der Waals surface area (Å²) in [7, 11) is 0. The maximum absolute atomic E-state index is 13.8. The van der Waals surface area contributed by atoms with Crippen molar-refractivity contribution in [2.45, 2.75) is 12.5 Å². The number of fused-ring (bicyclic) bond motifs is 1. The number of ether oxygens (including phenoxy) is 1. The quantitative estimate of drug-likeness (QED) is 0.905. The van der Waals surface area contributed by atoms with E-state index in [1.165, 1.54) is 18.2 Å². The molecule has 2 aromatic rings. The van der Waals surface area contributed by atoms with E-state index in [1.54, 1.807) is 24.3 Å². The van der Waals surface area contributed by atoms with Crippen LogP contribution >= 0.6 is 11.6 Å². The van der Waals surface area contributed by atoms with Gasteiger partial charge in [-0.3, -0.25) is 9.59 Å². The van der Waals surface area contributed by atoms with Crippen molar-refractivity contribution in [1.29, 1.82) is 0 Å². The van der Waals surface area contributed by atoms with Crippen molar-refractivity contribution >= 4 is 34.8 Å². The average molecular weight is 335 g/mol. The zero-order valence-corrected chi connectivity index (χ0v) is 12.6. The van der Waals surface area contributed by atoms with Crippen LogP contribution in [-0.4, -0.2) is 17.9 Å². The van der Waals surface area contributed by atoms with Crippen molar-refractivity contribution in [3.05, 3.63) is 53.3 Å². The maximum atomic E-state index is 13.8. The van der Waals surface area contributed by atoms with Gasteiger partial charge in [-0.25, -0.2) is 4.39 Å². The standard InChI is InChI=1S/C16H12ClFN2O3/c17-9-4-3-6-11(15(9)18)19-14(21)8-13-16(22)20-10-5-1-2-7-12(10)23-13/h1-7,13H,8H2,(H,19,21)(H,20,22)/t13-/m1/s1. The summed E-state index contributed by atoms with van der Waals surface area (Å²) in [5, 5.41) is 4.95. The summed E-state index contributed by atoms with van der Waals surface area (Å²) in [6, 6.07) is 11.2. The maximum Gasteiger partial charge on any atom is 0.266 e. The van der Waals surface area contributed by atoms with Gasteiger partial charge in [0.2, 0.25) is 5.91 Å². The van der Waals surface area contributed by atoms with E-state index in [0.29, 0.717) is 11.4 Å². The van der Waals surface area contributed by atoms with E-state index >= 15 is 0 Å². The van der Waals surface area contributed by atoms with E-state index in [1.807, 2.05) is 0 Å². The fraction of sp³-hybridized carbons (Fsp3) is 0.125. The minimum absolute atomic E-state index is 0.0425. The van der Waals surface area contributed by atoms with E-state index in [9.17, 15) is 14.0 Å². The van der Waals surface area contributed by atoms with Crippen LogP contribution in [0.3, 0.4) is 0 Å². The number of benzene rings is 2. The number of hydrogen-bond donors (Lipinski definition) is 2. The summed E-state index contributed by atoms with van der Waals surface area (Å²) in [5.74, 6) is -1.21. The molecule has 1 heterocycles. The third kappa shape index (κ3) is 3.27. The molecule has 23 heavy (non-hydrogen) atoms. The Labute approximate surface area is 136 Å². The molecule has 0 spiro atoms. The molecule has 0 radical (unpaired) electrons. The molecule has 5 nitrogen and oxygen atoms in total. The number of amides is 2. The second kappa shape index (κ2) is 6.26. The highest BCUT2D eigenvalue weighted by atomic mass is 35.5. The summed E-state index contributed by atoms with van der Waals surface area (Å²) >= 11 is 5.65. The Morgan fingerprint density at radius 1 is 1.26 bits per heavy atom. The van der Waals surface area contributed by atoms with Gasteiger partial charge in [0.05, 0.1) is 22.8 Å². The predicted molar refractivity (Wildman–Crippen MR) is 84.1 cm³/mol. The van der Waals surface area contributed by atoms with Gasteiger partial charge < -0.3 is 15.4 Å². The summed E-state index contributed by atoms with van der Waals surface area (Å²) < 4.78 is 19.3. The number of carbonyl (C=O) groups is 2. The Kier molecular flexibility index (Phi) is 4.16. The normalized spacial score (nSPS) is 16.1. The molecular formula is C16H12ClFN2O3. The first-order valence-electron chi connectivity index (χ1n) is 6.85. The number of halogens is 2. The van der Waals surface area contributed by atoms with Crippen LogP contribution in [0.1, 0.15) is 6.42 Å². The van der Waals surface area contributed by atoms with Crippen LogP contribution in [0.15, 0.2) is 42.5 Å². The number of nitrogens with one attached hydrogen (secondary N) is 2. The number of carbonyl (C=O) groups excluding carboxylic acids is 2. The molecule has 7 heteroatoms. The highest BCUT2D eigenvalue weighted by molar-refractivity contribution is 6.31. The summed E-state index contributed by atoms with van der Waals surface area (Å²) in [6.07, 6.45) is -1.22. The molecule has 3 rings (SSSR count). The van der Waals surface area contributed by atoms with Gasteiger partial charge in [-0.15, -0.1) is 0 Å². The van der Waals surface area contributed by atoms with Crippen molar-refractivity contribution < 1.29 is 18.7 Å². The lowest BCUT2D eigenvalue weighted by molar-refractivity contribution is -0.128. The average Bonchev–Trinajstić information content (AvgIpc) is 2.52. The van der Waals surface area contributed by atoms with Gasteiger partial charge in [-0.2, -0.15) is 0 Å². The van der Waals surface area contributed by atoms with E-state index < -0.39 is 23.7 Å². The van der Waals surface area contributed by atoms with Crippen molar-refractivity contribution in [3.63, 3.8) is 0 Å². The Morgan fingerprint density at radius 2 is 2.04 bits per heavy atom. The van der Waals surface area contributed by atoms with Crippen molar-refractivity contribution in [2.75, 3.05) is 10.6 Å². The molecule has 0 unspecified atom stereocenters. The summed E-state index contributed by atoms with van der Waals surface area (Å²) in [4.78, 5) is 24.0. The van der Waals surface area contributed by atoms with Crippen molar-refractivity contribution in [2.24, 2.45) is 0 Å². The lowest BCUT2D eigenvalue weighted by Crippen LogP contribution is -2.39. The highest BCUT2D eigenvalue weighted by Crippen LogP contribution is 2.30. The zero-order chi connectivity index (χ0) is 16.4. The minimum Gasteiger partial charge on any atom is -0.478 e. The van der Waals surface area contributed by atoms with Crippen molar-refractivity contribution in [1.82, 2.24) is 0 Å². The van der Waals surface area contributed by atoms with Gasteiger partial charge in [-0.1, -0.05) is 29.8 Å². The largest absolute Gasteiger partial charge is 0.478 e. The van der Waals surface area contributed by atoms with Gasteiger partial charge in [-0.05, 0) is 24.3 Å². The topological polar surface area (TPSA) is 67.4 Å². The molecule has 0 aliphatic carbocycles. The Balaban J connectivity index is 1.69. The Bertz CT molecular complexity index is 782. The van der Waals surface area contributed by atoms with Crippen LogP contribution in [0.4, 0.5) is 15.8 Å². The van der Waals surface area contributed by atoms with E-state index in [2.05, 4.69) is 10.6 Å². The van der Waals surface area contributed by atoms with Gasteiger partial charge in [0.1, 0.15) is 5.75 Å². The molecule has 0 saturated heterocycles. The smallest absolute Gasteiger partial charge is 0.266 e. The first-order valence-corrected chi connectivity index (χ1v) is 7.23. The fourth-order valence-corrected chi connectivity index (χ4v) is 2.37. The first-order chi connectivity index (χ1) is 11.0. The van der Waals surface area contributed by atoms with Gasteiger partial charge >= 0.3 is 0 Å². The highest BCUT2D eigenvalue weighted by Gasteiger charge is 2.29. The van der Waals surface area contributed by atoms with Crippen LogP contribution in [-0.2, 0) is 9.59 Å². The van der Waals surface area contributed by atoms with Crippen LogP contribution < -0.4 is 15.4 Å². The van der Waals surface area contributed by atoms with E-state index in [4.69, 9.17) is 16.3 Å². The van der Waals surface area contributed by atoms with Gasteiger partial charge in [0.15, 0.2) is 11.9 Å². The molecule has 0 saturated carbocycles. The number of para-hydroxylation sites is 2. The molecule has 2 amide bonds. The first kappa shape index (κ1) is 15.3. The second-order valence-electron chi connectivity index (χ2n) is 4.95. The Hall–Kier alpha value is -2.60. The van der Waals surface area contributed by atoms with Crippen LogP contribution in [0.5, 0.6) is 5.75 Å². The molecular weight excluding hydrogens is 323 g/mol. The summed E-state index contributed by atoms with van der Waals surface area (Å²) in [6.45, 7) is 0. The predicted octanol–water partition coefficient (Wildman–Crippen LogP) is 3.21. The molecule has 2 N–H and O–H groups in total. The zero-order valence-electron chi connectivity index (χ0n) is 11.8. The van der Waals surface area contributed by atoms with Crippen LogP contribution in [0, 0.1) is 5.82 Å². The molecule has 0 aromatic heterocycles. The number of anilines is 2. The Morgan fingerprint density at radius 3 is 2.87 bits per heavy atom. The third-order valence-electron chi connectivity index (χ3n) is 3.30. The monoisotopic (exact) mass is 334 g/mol. The molecule has 1 atom stereocenters. The summed E-state index contributed by atoms with van der Waals surface area (Å²) in [5.41, 5.74) is 0.508. The van der Waals surface area contributed by atoms with Gasteiger partial charge in [0.25, 0.3) is 5.91 Å². The molecule has 2 aromatic carbocycles. The van der Waals surface area contributed by atoms with Crippen LogP contribution in [0.25, 0.3) is 0 Å². The minimum atomic E-state index is -0.979. The van der Waals surface area contributed by atoms with E-state index in [-0.39, 0.29) is 17.1 Å². The third-order valence-corrected chi connectivity index (χ3v) is 3.59. The van der Waals surface area contributed by atoms with E-state index in [0.717, 1.165) is 0 Å². The second-order valence-corrected chi connectivity index (χ2v) is 5.35. The molecule has 1 aliphatic heterocycles. The van der Waals surface area contributed by atoms with Crippen molar-refractivity contribution in [3.8, 4) is 5.75 Å². The SMILES string of the molecule is O=C(C[C@H]1Oc2ccccc2NC1=O)Nc1cccc(Cl)c1F. The lowest BCUT2D eigenvalue weighted by atomic mass is 10.1. The fourth-order valence-electron chi connectivity index (χ4n) is 2.20. The molecule has 0 bridgehead atoms. The molecule has 0 fully saturated rings. The lowest BCUT2D eigenvalue weighted by Gasteiger charge is -2.25. The van der Waals surface area contributed by atoms with Gasteiger partial charge in [0, 0.05) is 0 Å². The number of hydrogen-bond acceptors (Lipinski definition) is 3. The van der Waals surface area contributed by atoms with Crippen LogP contribution in [0.2, 0.25) is 5.02 Å². The number of rotatable bonds is 3. The molecule has 118 valence electrons. The molecule has 1 aliphatic rings.